The van der Waals surface area contributed by atoms with Crippen LogP contribution in [0.3, 0.4) is 0 Å². The van der Waals surface area contributed by atoms with Crippen LogP contribution in [0.25, 0.3) is 0 Å². The Kier molecular flexibility index (Phi) is 7.55. The van der Waals surface area contributed by atoms with E-state index >= 15 is 0 Å². The second-order valence-electron chi connectivity index (χ2n) is 12.1. The Balaban J connectivity index is 1.51. The first-order chi connectivity index (χ1) is 19.0. The van der Waals surface area contributed by atoms with E-state index in [0.717, 1.165) is 54.9 Å². The molecule has 0 radical (unpaired) electrons. The van der Waals surface area contributed by atoms with Crippen LogP contribution in [0.15, 0.2) is 42.5 Å². The highest BCUT2D eigenvalue weighted by atomic mass is 16.5. The average molecular weight is 543 g/mol. The van der Waals surface area contributed by atoms with Gasteiger partial charge in [-0.25, -0.2) is 5.84 Å². The lowest BCUT2D eigenvalue weighted by atomic mass is 9.69. The number of aliphatic carboxylic acids is 1. The Morgan fingerprint density at radius 2 is 1.88 bits per heavy atom. The highest BCUT2D eigenvalue weighted by Crippen LogP contribution is 2.45. The smallest absolute Gasteiger partial charge is 0.310 e. The summed E-state index contributed by atoms with van der Waals surface area (Å²) in [4.78, 5) is 15.0. The van der Waals surface area contributed by atoms with Crippen molar-refractivity contribution < 1.29 is 14.6 Å². The number of nitrogen functional groups attached to an aromatic ring is 1. The van der Waals surface area contributed by atoms with Crippen LogP contribution in [0.1, 0.15) is 70.7 Å². The molecule has 7 nitrogen and oxygen atoms in total. The highest BCUT2D eigenvalue weighted by Gasteiger charge is 2.40. The molecule has 212 valence electrons. The normalized spacial score (nSPS) is 16.1. The van der Waals surface area contributed by atoms with Gasteiger partial charge in [0.1, 0.15) is 12.4 Å². The van der Waals surface area contributed by atoms with Gasteiger partial charge in [-0.1, -0.05) is 36.4 Å². The lowest BCUT2D eigenvalue weighted by Gasteiger charge is -2.34. The summed E-state index contributed by atoms with van der Waals surface area (Å²) in [6.45, 7) is 10.7. The van der Waals surface area contributed by atoms with Gasteiger partial charge in [0.15, 0.2) is 0 Å². The molecule has 0 saturated heterocycles. The van der Waals surface area contributed by atoms with Gasteiger partial charge in [0.25, 0.3) is 0 Å². The summed E-state index contributed by atoms with van der Waals surface area (Å²) in [5.41, 5.74) is 15.9. The van der Waals surface area contributed by atoms with Crippen molar-refractivity contribution in [1.82, 2.24) is 4.90 Å². The van der Waals surface area contributed by atoms with Gasteiger partial charge < -0.3 is 20.6 Å². The lowest BCUT2D eigenvalue weighted by molar-refractivity contribution is -0.147. The number of hydrazine groups is 1. The van der Waals surface area contributed by atoms with E-state index in [1.54, 1.807) is 20.9 Å². The highest BCUT2D eigenvalue weighted by molar-refractivity contribution is 5.78. The number of hydrogen-bond acceptors (Lipinski definition) is 6. The van der Waals surface area contributed by atoms with Crippen LogP contribution in [0.2, 0.25) is 0 Å². The fourth-order valence-corrected chi connectivity index (χ4v) is 6.46. The molecule has 0 spiro atoms. The third-order valence-corrected chi connectivity index (χ3v) is 8.96. The Morgan fingerprint density at radius 3 is 2.60 bits per heavy atom. The summed E-state index contributed by atoms with van der Waals surface area (Å²) in [7, 11) is 1.75. The number of benzene rings is 3. The summed E-state index contributed by atoms with van der Waals surface area (Å²) in [5, 5.41) is 11.8. The minimum absolute atomic E-state index is 0.403. The number of carbonyl (C=O) groups is 1. The third kappa shape index (κ3) is 5.04. The second kappa shape index (κ2) is 10.8. The largest absolute Gasteiger partial charge is 0.492 e. The van der Waals surface area contributed by atoms with Gasteiger partial charge in [0, 0.05) is 38.2 Å². The molecule has 0 amide bonds. The first-order valence-corrected chi connectivity index (χ1v) is 14.2. The molecule has 2 aliphatic rings. The van der Waals surface area contributed by atoms with Gasteiger partial charge in [-0.15, -0.1) is 0 Å². The molecule has 3 aromatic carbocycles. The molecule has 7 heteroatoms. The quantitative estimate of drug-likeness (QED) is 0.211. The number of nitrogens with two attached hydrogens (primary N) is 2. The maximum absolute atomic E-state index is 12.6. The Morgan fingerprint density at radius 1 is 1.12 bits per heavy atom. The standard InChI is InChI=1S/C33H42N4O3/c1-20-9-10-23(29(33(3,4)32(38)39)26-13-14-28(36(5)35)30(34)21(26)2)17-25(20)19-37-15-16-40-31-24(18-37)12-11-22-7-6-8-27(22)31/h9-14,17,29H,6-8,15-16,18-19,34-35H2,1-5H3,(H,38,39). The molecule has 1 unspecified atom stereocenters. The maximum atomic E-state index is 12.6. The second-order valence-corrected chi connectivity index (χ2v) is 12.1. The van der Waals surface area contributed by atoms with Crippen molar-refractivity contribution in [1.29, 1.82) is 0 Å². The van der Waals surface area contributed by atoms with E-state index in [2.05, 4.69) is 42.2 Å². The van der Waals surface area contributed by atoms with E-state index in [4.69, 9.17) is 16.3 Å². The van der Waals surface area contributed by atoms with Crippen LogP contribution in [0.5, 0.6) is 5.75 Å². The number of nitrogens with zero attached hydrogens (tertiary/aromatic N) is 2. The van der Waals surface area contributed by atoms with E-state index in [9.17, 15) is 9.90 Å². The predicted molar refractivity (Wildman–Crippen MR) is 161 cm³/mol. The van der Waals surface area contributed by atoms with Crippen molar-refractivity contribution in [2.24, 2.45) is 11.3 Å². The molecule has 5 N–H and O–H groups in total. The SMILES string of the molecule is Cc1ccc(C(c2ccc(N(C)N)c(N)c2C)C(C)(C)C(=O)O)cc1CN1CCOc2c(ccc3c2CCC3)C1. The maximum Gasteiger partial charge on any atom is 0.310 e. The van der Waals surface area contributed by atoms with E-state index in [1.165, 1.54) is 39.2 Å². The lowest BCUT2D eigenvalue weighted by Crippen LogP contribution is -2.33. The molecule has 5 rings (SSSR count). The zero-order valence-electron chi connectivity index (χ0n) is 24.4. The van der Waals surface area contributed by atoms with E-state index in [-0.39, 0.29) is 0 Å². The topological polar surface area (TPSA) is 105 Å². The molecule has 1 atom stereocenters. The van der Waals surface area contributed by atoms with Crippen molar-refractivity contribution >= 4 is 17.3 Å². The number of anilines is 2. The molecule has 3 aromatic rings. The van der Waals surface area contributed by atoms with Gasteiger partial charge in [0.2, 0.25) is 0 Å². The van der Waals surface area contributed by atoms with Gasteiger partial charge in [0.05, 0.1) is 16.8 Å². The van der Waals surface area contributed by atoms with Crippen molar-refractivity contribution in [3.05, 3.63) is 87.0 Å². The van der Waals surface area contributed by atoms with Gasteiger partial charge in [-0.05, 0) is 92.0 Å². The van der Waals surface area contributed by atoms with E-state index in [1.807, 2.05) is 19.1 Å². The molecule has 40 heavy (non-hydrogen) atoms. The molecule has 0 bridgehead atoms. The third-order valence-electron chi connectivity index (χ3n) is 8.96. The van der Waals surface area contributed by atoms with Crippen molar-refractivity contribution in [2.75, 3.05) is 30.9 Å². The van der Waals surface area contributed by atoms with Gasteiger partial charge in [-0.3, -0.25) is 9.69 Å². The van der Waals surface area contributed by atoms with Crippen molar-refractivity contribution in [2.45, 2.75) is 66.0 Å². The summed E-state index contributed by atoms with van der Waals surface area (Å²) in [5.74, 6) is 5.84. The van der Waals surface area contributed by atoms with E-state index < -0.39 is 17.3 Å². The first-order valence-electron chi connectivity index (χ1n) is 14.2. The molecule has 1 heterocycles. The minimum Gasteiger partial charge on any atom is -0.492 e. The van der Waals surface area contributed by atoms with Crippen LogP contribution in [0.4, 0.5) is 11.4 Å². The Labute approximate surface area is 237 Å². The summed E-state index contributed by atoms with van der Waals surface area (Å²) in [6.07, 6.45) is 3.45. The van der Waals surface area contributed by atoms with Gasteiger partial charge >= 0.3 is 5.97 Å². The molecule has 1 aliphatic carbocycles. The van der Waals surface area contributed by atoms with E-state index in [0.29, 0.717) is 18.0 Å². The summed E-state index contributed by atoms with van der Waals surface area (Å²) < 4.78 is 6.30. The molecule has 1 aliphatic heterocycles. The van der Waals surface area contributed by atoms with Gasteiger partial charge in [-0.2, -0.15) is 0 Å². The van der Waals surface area contributed by atoms with Crippen LogP contribution in [-0.2, 0) is 30.7 Å². The monoisotopic (exact) mass is 542 g/mol. The molecule has 0 fully saturated rings. The summed E-state index contributed by atoms with van der Waals surface area (Å²) >= 11 is 0. The predicted octanol–water partition coefficient (Wildman–Crippen LogP) is 5.32. The Bertz CT molecular complexity index is 1450. The van der Waals surface area contributed by atoms with Crippen LogP contribution < -0.4 is 21.3 Å². The minimum atomic E-state index is -1.07. The zero-order chi connectivity index (χ0) is 28.8. The number of hydrogen-bond donors (Lipinski definition) is 3. The zero-order valence-corrected chi connectivity index (χ0v) is 24.4. The average Bonchev–Trinajstić information content (AvgIpc) is 3.29. The number of fused-ring (bicyclic) bond motifs is 3. The molecular weight excluding hydrogens is 500 g/mol. The number of carboxylic acids is 1. The molecule has 0 aromatic heterocycles. The first kappa shape index (κ1) is 28.0. The summed E-state index contributed by atoms with van der Waals surface area (Å²) in [6, 6.07) is 14.7. The van der Waals surface area contributed by atoms with Crippen molar-refractivity contribution in [3.63, 3.8) is 0 Å². The molecule has 0 saturated carbocycles. The Hall–Kier alpha value is -3.55. The number of aryl methyl sites for hydroxylation is 2. The molecular formula is C33H42N4O3. The van der Waals surface area contributed by atoms with Crippen molar-refractivity contribution in [3.8, 4) is 5.75 Å². The van der Waals surface area contributed by atoms with Crippen LogP contribution in [-0.4, -0.2) is 36.2 Å². The van der Waals surface area contributed by atoms with Crippen LogP contribution in [0, 0.1) is 19.3 Å². The number of carboxylic acid groups (broad SMARTS) is 1. The fraction of sp³-hybridized carbons (Fsp3) is 0.424. The number of ether oxygens (including phenoxy) is 1. The fourth-order valence-electron chi connectivity index (χ4n) is 6.46. The number of rotatable bonds is 7. The van der Waals surface area contributed by atoms with Crippen LogP contribution >= 0.6 is 0 Å².